The first-order valence-corrected chi connectivity index (χ1v) is 19.6. The van der Waals surface area contributed by atoms with Crippen LogP contribution < -0.4 is 50.9 Å². The Morgan fingerprint density at radius 1 is 0.520 bits per heavy atom. The van der Waals surface area contributed by atoms with Gasteiger partial charge in [-0.1, -0.05) is 0 Å². The zero-order valence-electron chi connectivity index (χ0n) is 37.2. The average molecular weight is 1080 g/mol. The van der Waals surface area contributed by atoms with Gasteiger partial charge in [0.1, 0.15) is 40.1 Å². The summed E-state index contributed by atoms with van der Waals surface area (Å²) in [6, 6.07) is 12.2. The third-order valence-electron chi connectivity index (χ3n) is 8.71. The summed E-state index contributed by atoms with van der Waals surface area (Å²) in [4.78, 5) is 52.2. The molecule has 4 aromatic carbocycles. The van der Waals surface area contributed by atoms with Crippen LogP contribution in [0.5, 0.6) is 46.0 Å². The van der Waals surface area contributed by atoms with Gasteiger partial charge in [-0.3, -0.25) is 14.4 Å². The van der Waals surface area contributed by atoms with Gasteiger partial charge < -0.3 is 56.0 Å². The van der Waals surface area contributed by atoms with Crippen LogP contribution in [0.4, 0.5) is 72.8 Å². The number of rotatable bonds is 13. The van der Waals surface area contributed by atoms with Gasteiger partial charge in [0.25, 0.3) is 17.7 Å². The van der Waals surface area contributed by atoms with E-state index < -0.39 is 111 Å². The number of ether oxygens (including phenoxy) is 6. The largest absolute Gasteiger partial charge is 0.573 e. The van der Waals surface area contributed by atoms with E-state index in [0.717, 1.165) is 74.9 Å². The SMILES string of the molecule is COc1cc(OC(F)(F)F)ccc1Oc1cnc(C(F)(F)F)cc1C(=O)Nc1ccc(F)c(C(N)=O)c1.COc1cc(OC(F)(F)F)ccc1Oc1cnc(C(F)(F)F)cc1C(=O)O.NC(=O)c1cc(N)ccc1F. The summed E-state index contributed by atoms with van der Waals surface area (Å²) in [5, 5.41) is 11.3. The molecule has 0 spiro atoms. The molecule has 3 amide bonds. The zero-order valence-corrected chi connectivity index (χ0v) is 37.2. The summed E-state index contributed by atoms with van der Waals surface area (Å²) in [6.07, 6.45) is -18.7. The Hall–Kier alpha value is -9.32. The van der Waals surface area contributed by atoms with Crippen LogP contribution in [0.25, 0.3) is 0 Å². The molecule has 0 atom stereocenters. The van der Waals surface area contributed by atoms with Crippen molar-refractivity contribution in [1.82, 2.24) is 9.97 Å². The maximum Gasteiger partial charge on any atom is 0.573 e. The number of nitrogens with zero attached hydrogens (tertiary/aromatic N) is 2. The number of hydrogen-bond acceptors (Lipinski definition) is 13. The number of nitrogen functional groups attached to an aromatic ring is 1. The highest BCUT2D eigenvalue weighted by Crippen LogP contribution is 2.41. The van der Waals surface area contributed by atoms with Gasteiger partial charge >= 0.3 is 31.0 Å². The van der Waals surface area contributed by atoms with Gasteiger partial charge in [-0.2, -0.15) is 26.3 Å². The maximum atomic E-state index is 13.7. The van der Waals surface area contributed by atoms with E-state index in [2.05, 4.69) is 24.8 Å². The molecule has 400 valence electrons. The predicted octanol–water partition coefficient (Wildman–Crippen LogP) is 10.3. The number of carboxylic acid groups (broad SMARTS) is 1. The Bertz CT molecular complexity index is 3080. The van der Waals surface area contributed by atoms with Crippen LogP contribution in [0, 0.1) is 11.6 Å². The van der Waals surface area contributed by atoms with E-state index in [-0.39, 0.29) is 40.3 Å². The maximum absolute atomic E-state index is 13.7. The molecule has 0 radical (unpaired) electrons. The molecule has 0 aliphatic carbocycles. The molecule has 0 saturated carbocycles. The summed E-state index contributed by atoms with van der Waals surface area (Å²) >= 11 is 0. The van der Waals surface area contributed by atoms with Crippen molar-refractivity contribution in [1.29, 1.82) is 0 Å². The van der Waals surface area contributed by atoms with Crippen LogP contribution in [0.15, 0.2) is 97.3 Å². The van der Waals surface area contributed by atoms with Crippen molar-refractivity contribution in [3.8, 4) is 46.0 Å². The van der Waals surface area contributed by atoms with Gasteiger partial charge in [0.15, 0.2) is 34.5 Å². The van der Waals surface area contributed by atoms with Gasteiger partial charge in [0.2, 0.25) is 0 Å². The van der Waals surface area contributed by atoms with Crippen molar-refractivity contribution in [2.75, 3.05) is 25.3 Å². The van der Waals surface area contributed by atoms with Crippen molar-refractivity contribution < 1.29 is 114 Å². The Morgan fingerprint density at radius 3 is 1.32 bits per heavy atom. The van der Waals surface area contributed by atoms with Gasteiger partial charge in [-0.25, -0.2) is 23.5 Å². The smallest absolute Gasteiger partial charge is 0.493 e. The molecular weight excluding hydrogens is 1050 g/mol. The molecule has 75 heavy (non-hydrogen) atoms. The third kappa shape index (κ3) is 16.9. The highest BCUT2D eigenvalue weighted by molar-refractivity contribution is 6.07. The number of nitrogens with two attached hydrogens (primary N) is 3. The molecule has 6 aromatic rings. The molecule has 0 unspecified atom stereocenters. The highest BCUT2D eigenvalue weighted by Gasteiger charge is 2.36. The summed E-state index contributed by atoms with van der Waals surface area (Å²) in [7, 11) is 2.16. The average Bonchev–Trinajstić information content (AvgIpc) is 3.30. The second kappa shape index (κ2) is 23.5. The van der Waals surface area contributed by atoms with E-state index in [1.165, 1.54) is 12.1 Å². The Morgan fingerprint density at radius 2 is 0.933 bits per heavy atom. The molecule has 0 aliphatic heterocycles. The number of methoxy groups -OCH3 is 2. The Labute approximate surface area is 409 Å². The van der Waals surface area contributed by atoms with Crippen LogP contribution in [0.1, 0.15) is 52.8 Å². The van der Waals surface area contributed by atoms with Crippen molar-refractivity contribution in [3.05, 3.63) is 143 Å². The monoisotopic (exact) mass is 1080 g/mol. The van der Waals surface area contributed by atoms with Crippen LogP contribution in [0.3, 0.4) is 0 Å². The first kappa shape index (κ1) is 58.3. The minimum Gasteiger partial charge on any atom is -0.493 e. The van der Waals surface area contributed by atoms with Gasteiger partial charge in [-0.05, 0) is 72.8 Å². The third-order valence-corrected chi connectivity index (χ3v) is 8.71. The lowest BCUT2D eigenvalue weighted by Crippen LogP contribution is -2.18. The number of hydrogen-bond donors (Lipinski definition) is 5. The molecule has 0 aliphatic rings. The molecule has 31 heteroatoms. The van der Waals surface area contributed by atoms with Crippen LogP contribution in [0.2, 0.25) is 0 Å². The summed E-state index contributed by atoms with van der Waals surface area (Å²) in [5.74, 6) is -10.2. The van der Waals surface area contributed by atoms with Crippen LogP contribution >= 0.6 is 0 Å². The van der Waals surface area contributed by atoms with Gasteiger partial charge in [0.05, 0.1) is 43.3 Å². The second-order valence-electron chi connectivity index (χ2n) is 14.0. The molecule has 8 N–H and O–H groups in total. The zero-order chi connectivity index (χ0) is 56.4. The van der Waals surface area contributed by atoms with Crippen molar-refractivity contribution in [3.63, 3.8) is 0 Å². The number of nitrogens with one attached hydrogen (secondary N) is 1. The number of halogens is 14. The number of alkyl halides is 12. The molecule has 0 saturated heterocycles. The van der Waals surface area contributed by atoms with Crippen molar-refractivity contribution in [2.45, 2.75) is 25.1 Å². The first-order valence-electron chi connectivity index (χ1n) is 19.6. The highest BCUT2D eigenvalue weighted by atomic mass is 19.4. The fourth-order valence-electron chi connectivity index (χ4n) is 5.52. The number of carbonyl (C=O) groups is 4. The number of carboxylic acids is 1. The molecule has 0 bridgehead atoms. The number of carbonyl (C=O) groups excluding carboxylic acids is 3. The number of benzene rings is 4. The lowest BCUT2D eigenvalue weighted by Gasteiger charge is -2.16. The molecule has 2 aromatic heterocycles. The fraction of sp³-hybridized carbons (Fsp3) is 0.136. The Kier molecular flexibility index (Phi) is 18.2. The topological polar surface area (TPSA) is 260 Å². The standard InChI is InChI=1S/C22H14F7N3O5.C15H9F6NO5.C7H7FN2O/c1-35-16-7-11(37-22(27,28)29)3-5-15(16)36-17-9-31-18(21(24,25)26)8-13(17)20(34)32-10-2-4-14(23)12(6-10)19(30)33;1-25-10-4-7(27-15(19,20)21)2-3-9(10)26-11-6-22-12(14(16,17)18)5-8(11)13(23)24;8-6-2-1-4(9)3-5(6)7(10)11/h2-9H,1H3,(H2,30,33)(H,32,34);2-6H,1H3,(H,23,24);1-3H,9H2,(H2,10,11). The molecule has 17 nitrogen and oxygen atoms in total. The summed E-state index contributed by atoms with van der Waals surface area (Å²) in [6.45, 7) is 0. The van der Waals surface area contributed by atoms with E-state index in [4.69, 9.17) is 41.3 Å². The summed E-state index contributed by atoms with van der Waals surface area (Å²) in [5.41, 5.74) is 10.1. The minimum absolute atomic E-state index is 0.176. The number of aromatic nitrogens is 2. The van der Waals surface area contributed by atoms with Crippen molar-refractivity contribution >= 4 is 35.1 Å². The molecule has 2 heterocycles. The number of anilines is 2. The lowest BCUT2D eigenvalue weighted by molar-refractivity contribution is -0.275. The molecule has 0 fully saturated rings. The van der Waals surface area contributed by atoms with E-state index in [1.54, 1.807) is 0 Å². The van der Waals surface area contributed by atoms with Crippen LogP contribution in [-0.2, 0) is 12.4 Å². The van der Waals surface area contributed by atoms with Crippen LogP contribution in [-0.4, -0.2) is 65.7 Å². The van der Waals surface area contributed by atoms with Gasteiger partial charge in [0, 0.05) is 23.5 Å². The minimum atomic E-state index is -5.01. The summed E-state index contributed by atoms with van der Waals surface area (Å²) < 4.78 is 206. The number of amides is 3. The van der Waals surface area contributed by atoms with E-state index in [9.17, 15) is 80.6 Å². The number of pyridine rings is 2. The fourth-order valence-corrected chi connectivity index (χ4v) is 5.52. The Balaban J connectivity index is 0.000000278. The first-order chi connectivity index (χ1) is 34.7. The van der Waals surface area contributed by atoms with Crippen molar-refractivity contribution in [2.24, 2.45) is 11.5 Å². The quantitative estimate of drug-likeness (QED) is 0.0532. The second-order valence-corrected chi connectivity index (χ2v) is 14.0. The normalized spacial score (nSPS) is 11.4. The number of primary amides is 2. The lowest BCUT2D eigenvalue weighted by atomic mass is 10.1. The van der Waals surface area contributed by atoms with E-state index in [0.29, 0.717) is 24.1 Å². The van der Waals surface area contributed by atoms with Gasteiger partial charge in [-0.15, -0.1) is 26.3 Å². The molecular formula is C44H30F14N6O11. The van der Waals surface area contributed by atoms with E-state index in [1.807, 2.05) is 0 Å². The van der Waals surface area contributed by atoms with E-state index >= 15 is 0 Å². The number of aromatic carboxylic acids is 1. The molecule has 6 rings (SSSR count). The predicted molar refractivity (Wildman–Crippen MR) is 227 cm³/mol.